The molecule has 0 unspecified atom stereocenters. The summed E-state index contributed by atoms with van der Waals surface area (Å²) in [7, 11) is -3.54. The van der Waals surface area contributed by atoms with Crippen LogP contribution >= 0.6 is 0 Å². The van der Waals surface area contributed by atoms with Crippen LogP contribution < -0.4 is 5.73 Å². The largest absolute Gasteiger partial charge is 0.325 e. The molecule has 0 aliphatic rings. The maximum absolute atomic E-state index is 12.8. The lowest BCUT2D eigenvalue weighted by molar-refractivity contribution is 0.339. The number of H-pyrrole nitrogens is 1. The molecule has 20 heavy (non-hydrogen) atoms. The summed E-state index contributed by atoms with van der Waals surface area (Å²) in [5, 5.41) is 6.70. The van der Waals surface area contributed by atoms with Crippen LogP contribution in [0, 0.1) is 12.8 Å². The highest BCUT2D eigenvalue weighted by Crippen LogP contribution is 2.23. The van der Waals surface area contributed by atoms with Crippen molar-refractivity contribution in [3.8, 4) is 0 Å². The molecule has 0 radical (unpaired) electrons. The third-order valence-corrected chi connectivity index (χ3v) is 5.87. The van der Waals surface area contributed by atoms with E-state index in [1.807, 2.05) is 6.92 Å². The lowest BCUT2D eigenvalue weighted by atomic mass is 10.0. The first kappa shape index (κ1) is 17.1. The van der Waals surface area contributed by atoms with E-state index in [1.54, 1.807) is 6.92 Å². The number of aromatic nitrogens is 2. The van der Waals surface area contributed by atoms with Gasteiger partial charge in [0, 0.05) is 19.6 Å². The van der Waals surface area contributed by atoms with Crippen molar-refractivity contribution in [2.75, 3.05) is 13.1 Å². The van der Waals surface area contributed by atoms with E-state index >= 15 is 0 Å². The smallest absolute Gasteiger partial charge is 0.246 e. The molecular formula is C13H26N4O2S. The summed E-state index contributed by atoms with van der Waals surface area (Å²) in [6.45, 7) is 8.85. The molecule has 0 atom stereocenters. The number of aromatic amines is 1. The zero-order chi connectivity index (χ0) is 15.3. The molecule has 0 bridgehead atoms. The van der Waals surface area contributed by atoms with E-state index in [4.69, 9.17) is 5.73 Å². The predicted molar refractivity (Wildman–Crippen MR) is 79.7 cm³/mol. The van der Waals surface area contributed by atoms with Gasteiger partial charge in [-0.2, -0.15) is 9.40 Å². The first-order valence-electron chi connectivity index (χ1n) is 7.16. The molecule has 3 N–H and O–H groups in total. The van der Waals surface area contributed by atoms with Crippen molar-refractivity contribution in [2.45, 2.75) is 52.0 Å². The molecule has 1 rings (SSSR count). The van der Waals surface area contributed by atoms with Crippen molar-refractivity contribution in [3.05, 3.63) is 11.4 Å². The molecule has 0 aliphatic carbocycles. The Balaban J connectivity index is 3.15. The van der Waals surface area contributed by atoms with Crippen molar-refractivity contribution in [1.82, 2.24) is 14.5 Å². The van der Waals surface area contributed by atoms with Crippen molar-refractivity contribution in [2.24, 2.45) is 11.7 Å². The van der Waals surface area contributed by atoms with Gasteiger partial charge in [-0.15, -0.1) is 0 Å². The van der Waals surface area contributed by atoms with Crippen LogP contribution in [0.25, 0.3) is 0 Å². The number of nitrogens with one attached hydrogen (secondary N) is 1. The standard InChI is InChI=1S/C13H26N4O2S/c1-5-11(6-2)9-17(7-3)20(18,19)13-10(4)15-16-12(13)8-14/h11H,5-9,14H2,1-4H3,(H,15,16). The van der Waals surface area contributed by atoms with Gasteiger partial charge in [-0.3, -0.25) is 5.10 Å². The number of aryl methyl sites for hydroxylation is 1. The summed E-state index contributed by atoms with van der Waals surface area (Å²) in [6, 6.07) is 0. The van der Waals surface area contributed by atoms with E-state index in [0.717, 1.165) is 12.8 Å². The SMILES string of the molecule is CCC(CC)CN(CC)S(=O)(=O)c1c(CN)n[nH]c1C. The Morgan fingerprint density at radius 3 is 2.35 bits per heavy atom. The van der Waals surface area contributed by atoms with Crippen LogP contribution in [-0.2, 0) is 16.6 Å². The van der Waals surface area contributed by atoms with Gasteiger partial charge in [0.05, 0.1) is 11.4 Å². The predicted octanol–water partition coefficient (Wildman–Crippen LogP) is 1.62. The fraction of sp³-hybridized carbons (Fsp3) is 0.769. The number of hydrogen-bond acceptors (Lipinski definition) is 4. The molecule has 1 aromatic rings. The zero-order valence-corrected chi connectivity index (χ0v) is 13.6. The lowest BCUT2D eigenvalue weighted by Crippen LogP contribution is -2.35. The van der Waals surface area contributed by atoms with Gasteiger partial charge >= 0.3 is 0 Å². The van der Waals surface area contributed by atoms with Gasteiger partial charge < -0.3 is 5.73 Å². The van der Waals surface area contributed by atoms with Crippen LogP contribution in [0.5, 0.6) is 0 Å². The average molecular weight is 302 g/mol. The van der Waals surface area contributed by atoms with E-state index in [1.165, 1.54) is 4.31 Å². The molecular weight excluding hydrogens is 276 g/mol. The molecule has 0 saturated heterocycles. The van der Waals surface area contributed by atoms with Crippen molar-refractivity contribution < 1.29 is 8.42 Å². The Labute approximate surface area is 121 Å². The Morgan fingerprint density at radius 1 is 1.30 bits per heavy atom. The number of sulfonamides is 1. The molecule has 116 valence electrons. The van der Waals surface area contributed by atoms with Gasteiger partial charge in [-0.05, 0) is 12.8 Å². The molecule has 0 saturated carbocycles. The van der Waals surface area contributed by atoms with Gasteiger partial charge in [-0.25, -0.2) is 8.42 Å². The highest BCUT2D eigenvalue weighted by Gasteiger charge is 2.30. The van der Waals surface area contributed by atoms with Crippen LogP contribution in [0.3, 0.4) is 0 Å². The lowest BCUT2D eigenvalue weighted by Gasteiger charge is -2.25. The minimum Gasteiger partial charge on any atom is -0.325 e. The van der Waals surface area contributed by atoms with Crippen LogP contribution in [-0.4, -0.2) is 36.0 Å². The molecule has 0 fully saturated rings. The molecule has 0 spiro atoms. The average Bonchev–Trinajstić information content (AvgIpc) is 2.81. The van der Waals surface area contributed by atoms with Crippen LogP contribution in [0.15, 0.2) is 4.90 Å². The summed E-state index contributed by atoms with van der Waals surface area (Å²) < 4.78 is 27.1. The van der Waals surface area contributed by atoms with Crippen molar-refractivity contribution in [3.63, 3.8) is 0 Å². The fourth-order valence-electron chi connectivity index (χ4n) is 2.31. The Kier molecular flexibility index (Phi) is 6.16. The third kappa shape index (κ3) is 3.39. The van der Waals surface area contributed by atoms with Crippen molar-refractivity contribution >= 4 is 10.0 Å². The number of hydrogen-bond donors (Lipinski definition) is 2. The minimum atomic E-state index is -3.54. The summed E-state index contributed by atoms with van der Waals surface area (Å²) in [5.74, 6) is 0.373. The first-order chi connectivity index (χ1) is 9.42. The second-order valence-electron chi connectivity index (χ2n) is 4.97. The quantitative estimate of drug-likeness (QED) is 0.763. The Morgan fingerprint density at radius 2 is 1.90 bits per heavy atom. The summed E-state index contributed by atoms with van der Waals surface area (Å²) in [6.07, 6.45) is 1.94. The minimum absolute atomic E-state index is 0.113. The maximum atomic E-state index is 12.8. The van der Waals surface area contributed by atoms with E-state index in [-0.39, 0.29) is 11.4 Å². The van der Waals surface area contributed by atoms with Crippen molar-refractivity contribution in [1.29, 1.82) is 0 Å². The Hall–Kier alpha value is -0.920. The van der Waals surface area contributed by atoms with E-state index in [0.29, 0.717) is 30.4 Å². The summed E-state index contributed by atoms with van der Waals surface area (Å²) in [4.78, 5) is 0.243. The monoisotopic (exact) mass is 302 g/mol. The summed E-state index contributed by atoms with van der Waals surface area (Å²) in [5.41, 5.74) is 6.55. The highest BCUT2D eigenvalue weighted by atomic mass is 32.2. The molecule has 1 heterocycles. The number of nitrogens with two attached hydrogens (primary N) is 1. The topological polar surface area (TPSA) is 92.1 Å². The van der Waals surface area contributed by atoms with Gasteiger partial charge in [0.1, 0.15) is 4.90 Å². The van der Waals surface area contributed by atoms with Gasteiger partial charge in [0.2, 0.25) is 10.0 Å². The van der Waals surface area contributed by atoms with Crippen LogP contribution in [0.4, 0.5) is 0 Å². The summed E-state index contributed by atoms with van der Waals surface area (Å²) >= 11 is 0. The highest BCUT2D eigenvalue weighted by molar-refractivity contribution is 7.89. The molecule has 6 nitrogen and oxygen atoms in total. The molecule has 0 aromatic carbocycles. The molecule has 7 heteroatoms. The first-order valence-corrected chi connectivity index (χ1v) is 8.60. The zero-order valence-electron chi connectivity index (χ0n) is 12.8. The molecule has 0 amide bonds. The van der Waals surface area contributed by atoms with Gasteiger partial charge in [0.25, 0.3) is 0 Å². The van der Waals surface area contributed by atoms with Crippen LogP contribution in [0.2, 0.25) is 0 Å². The number of nitrogens with zero attached hydrogens (tertiary/aromatic N) is 2. The van der Waals surface area contributed by atoms with E-state index in [2.05, 4.69) is 24.0 Å². The van der Waals surface area contributed by atoms with Gasteiger partial charge in [0.15, 0.2) is 0 Å². The van der Waals surface area contributed by atoms with Gasteiger partial charge in [-0.1, -0.05) is 33.6 Å². The van der Waals surface area contributed by atoms with E-state index < -0.39 is 10.0 Å². The number of rotatable bonds is 8. The normalized spacial score (nSPS) is 12.6. The molecule has 0 aliphatic heterocycles. The maximum Gasteiger partial charge on any atom is 0.246 e. The third-order valence-electron chi connectivity index (χ3n) is 3.72. The fourth-order valence-corrected chi connectivity index (χ4v) is 4.18. The van der Waals surface area contributed by atoms with E-state index in [9.17, 15) is 8.42 Å². The molecule has 1 aromatic heterocycles. The van der Waals surface area contributed by atoms with Crippen LogP contribution in [0.1, 0.15) is 45.0 Å². The second kappa shape index (κ2) is 7.19. The Bertz CT molecular complexity index is 520. The second-order valence-corrected chi connectivity index (χ2v) is 6.84.